The van der Waals surface area contributed by atoms with Gasteiger partial charge in [0.15, 0.2) is 0 Å². The molecule has 0 aliphatic carbocycles. The van der Waals surface area contributed by atoms with E-state index in [9.17, 15) is 14.4 Å². The van der Waals surface area contributed by atoms with Gasteiger partial charge in [-0.3, -0.25) is 4.79 Å². The molecule has 0 spiro atoms. The van der Waals surface area contributed by atoms with Gasteiger partial charge in [0, 0.05) is 5.56 Å². The van der Waals surface area contributed by atoms with E-state index in [0.717, 1.165) is 0 Å². The summed E-state index contributed by atoms with van der Waals surface area (Å²) in [7, 11) is 1.49. The predicted octanol–water partition coefficient (Wildman–Crippen LogP) is 2.73. The standard InChI is InChI=1S/C16H22N2O6/c1-10(2)23-15(20)17-18(16(21)24-11(3)4)14(19)12-6-8-13(22-5)9-7-12/h6-11H,1-5H3,(H,17,20). The third-order valence-corrected chi connectivity index (χ3v) is 2.60. The number of methoxy groups -OCH3 is 1. The van der Waals surface area contributed by atoms with Gasteiger partial charge in [-0.1, -0.05) is 0 Å². The molecule has 0 aliphatic heterocycles. The molecule has 0 saturated carbocycles. The number of amides is 3. The van der Waals surface area contributed by atoms with E-state index in [4.69, 9.17) is 14.2 Å². The average Bonchev–Trinajstić information content (AvgIpc) is 2.50. The number of hydrogen-bond donors (Lipinski definition) is 1. The lowest BCUT2D eigenvalue weighted by atomic mass is 10.2. The molecule has 1 aromatic carbocycles. The van der Waals surface area contributed by atoms with Crippen molar-refractivity contribution in [1.82, 2.24) is 10.4 Å². The lowest BCUT2D eigenvalue weighted by Crippen LogP contribution is -2.51. The zero-order valence-corrected chi connectivity index (χ0v) is 14.4. The fourth-order valence-electron chi connectivity index (χ4n) is 1.63. The monoisotopic (exact) mass is 338 g/mol. The average molecular weight is 338 g/mol. The minimum atomic E-state index is -1.01. The molecule has 1 rings (SSSR count). The maximum atomic E-state index is 12.5. The first-order valence-electron chi connectivity index (χ1n) is 7.41. The molecule has 1 N–H and O–H groups in total. The minimum absolute atomic E-state index is 0.168. The van der Waals surface area contributed by atoms with Crippen molar-refractivity contribution >= 4 is 18.1 Å². The van der Waals surface area contributed by atoms with Crippen molar-refractivity contribution in [1.29, 1.82) is 0 Å². The van der Waals surface area contributed by atoms with Crippen LogP contribution in [-0.4, -0.2) is 42.4 Å². The Balaban J connectivity index is 2.98. The Kier molecular flexibility index (Phi) is 7.03. The van der Waals surface area contributed by atoms with Crippen LogP contribution in [0.25, 0.3) is 0 Å². The highest BCUT2D eigenvalue weighted by Gasteiger charge is 2.28. The highest BCUT2D eigenvalue weighted by atomic mass is 16.6. The van der Waals surface area contributed by atoms with Crippen LogP contribution in [0.3, 0.4) is 0 Å². The van der Waals surface area contributed by atoms with Gasteiger partial charge in [-0.2, -0.15) is 0 Å². The number of nitrogens with zero attached hydrogens (tertiary/aromatic N) is 1. The second-order valence-corrected chi connectivity index (χ2v) is 5.37. The summed E-state index contributed by atoms with van der Waals surface area (Å²) in [5.41, 5.74) is 2.27. The smallest absolute Gasteiger partial charge is 0.436 e. The Bertz CT molecular complexity index is 583. The molecule has 8 heteroatoms. The minimum Gasteiger partial charge on any atom is -0.497 e. The fraction of sp³-hybridized carbons (Fsp3) is 0.438. The first-order chi connectivity index (χ1) is 11.2. The van der Waals surface area contributed by atoms with Gasteiger partial charge < -0.3 is 14.2 Å². The zero-order chi connectivity index (χ0) is 18.3. The maximum absolute atomic E-state index is 12.5. The van der Waals surface area contributed by atoms with E-state index in [1.165, 1.54) is 19.2 Å². The first-order valence-corrected chi connectivity index (χ1v) is 7.41. The lowest BCUT2D eigenvalue weighted by molar-refractivity contribution is 0.0383. The highest BCUT2D eigenvalue weighted by Crippen LogP contribution is 2.13. The summed E-state index contributed by atoms with van der Waals surface area (Å²) in [6, 6.07) is 6.05. The quantitative estimate of drug-likeness (QED) is 0.848. The van der Waals surface area contributed by atoms with Crippen molar-refractivity contribution in [3.63, 3.8) is 0 Å². The summed E-state index contributed by atoms with van der Waals surface area (Å²) < 4.78 is 14.9. The molecule has 1 aromatic rings. The molecule has 0 atom stereocenters. The molecular formula is C16H22N2O6. The molecular weight excluding hydrogens is 316 g/mol. The van der Waals surface area contributed by atoms with Crippen molar-refractivity contribution in [3.8, 4) is 5.75 Å². The van der Waals surface area contributed by atoms with Gasteiger partial charge in [0.05, 0.1) is 19.3 Å². The van der Waals surface area contributed by atoms with Crippen molar-refractivity contribution in [2.75, 3.05) is 7.11 Å². The fourth-order valence-corrected chi connectivity index (χ4v) is 1.63. The van der Waals surface area contributed by atoms with Crippen LogP contribution in [0.5, 0.6) is 5.75 Å². The largest absolute Gasteiger partial charge is 0.497 e. The van der Waals surface area contributed by atoms with E-state index in [-0.39, 0.29) is 5.56 Å². The third-order valence-electron chi connectivity index (χ3n) is 2.60. The number of nitrogens with one attached hydrogen (secondary N) is 1. The molecule has 0 fully saturated rings. The van der Waals surface area contributed by atoms with Crippen molar-refractivity contribution in [2.45, 2.75) is 39.9 Å². The number of carbonyl (C=O) groups excluding carboxylic acids is 3. The number of ether oxygens (including phenoxy) is 3. The number of hydrazine groups is 1. The Morgan fingerprint density at radius 3 is 1.96 bits per heavy atom. The van der Waals surface area contributed by atoms with E-state index < -0.39 is 30.3 Å². The summed E-state index contributed by atoms with van der Waals surface area (Å²) >= 11 is 0. The van der Waals surface area contributed by atoms with Crippen LogP contribution in [-0.2, 0) is 9.47 Å². The summed E-state index contributed by atoms with van der Waals surface area (Å²) in [4.78, 5) is 36.3. The molecule has 0 radical (unpaired) electrons. The Morgan fingerprint density at radius 1 is 0.958 bits per heavy atom. The summed E-state index contributed by atoms with van der Waals surface area (Å²) in [5.74, 6) is -0.209. The molecule has 3 amide bonds. The van der Waals surface area contributed by atoms with Gasteiger partial charge >= 0.3 is 12.2 Å². The van der Waals surface area contributed by atoms with Crippen LogP contribution in [0.4, 0.5) is 9.59 Å². The maximum Gasteiger partial charge on any atom is 0.436 e. The van der Waals surface area contributed by atoms with Gasteiger partial charge in [0.2, 0.25) is 0 Å². The highest BCUT2D eigenvalue weighted by molar-refractivity contribution is 6.03. The summed E-state index contributed by atoms with van der Waals surface area (Å²) in [6.07, 6.45) is -2.82. The van der Waals surface area contributed by atoms with Crippen LogP contribution in [0.15, 0.2) is 24.3 Å². The number of benzene rings is 1. The first kappa shape index (κ1) is 19.3. The molecule has 132 valence electrons. The van der Waals surface area contributed by atoms with Crippen LogP contribution in [0, 0.1) is 0 Å². The molecule has 0 aliphatic rings. The van der Waals surface area contributed by atoms with Crippen molar-refractivity contribution < 1.29 is 28.6 Å². The summed E-state index contributed by atoms with van der Waals surface area (Å²) in [5, 5.41) is 0.479. The molecule has 0 heterocycles. The van der Waals surface area contributed by atoms with Crippen LogP contribution in [0.2, 0.25) is 0 Å². The second-order valence-electron chi connectivity index (χ2n) is 5.37. The normalized spacial score (nSPS) is 10.3. The van der Waals surface area contributed by atoms with Gasteiger partial charge in [-0.15, -0.1) is 5.01 Å². The Labute approximate surface area is 140 Å². The van der Waals surface area contributed by atoms with E-state index in [1.54, 1.807) is 39.8 Å². The third kappa shape index (κ3) is 5.79. The van der Waals surface area contributed by atoms with Crippen molar-refractivity contribution in [3.05, 3.63) is 29.8 Å². The van der Waals surface area contributed by atoms with Gasteiger partial charge in [0.25, 0.3) is 5.91 Å². The summed E-state index contributed by atoms with van der Waals surface area (Å²) in [6.45, 7) is 6.53. The van der Waals surface area contributed by atoms with Crippen LogP contribution < -0.4 is 10.2 Å². The van der Waals surface area contributed by atoms with Gasteiger partial charge in [-0.25, -0.2) is 15.0 Å². The molecule has 0 saturated heterocycles. The van der Waals surface area contributed by atoms with Crippen molar-refractivity contribution in [2.24, 2.45) is 0 Å². The van der Waals surface area contributed by atoms with E-state index in [1.807, 2.05) is 0 Å². The molecule has 8 nitrogen and oxygen atoms in total. The predicted molar refractivity (Wildman–Crippen MR) is 85.5 cm³/mol. The molecule has 0 aromatic heterocycles. The number of rotatable bonds is 4. The van der Waals surface area contributed by atoms with E-state index >= 15 is 0 Å². The van der Waals surface area contributed by atoms with Gasteiger partial charge in [0.1, 0.15) is 5.75 Å². The van der Waals surface area contributed by atoms with E-state index in [2.05, 4.69) is 5.43 Å². The SMILES string of the molecule is COc1ccc(C(=O)N(NC(=O)OC(C)C)C(=O)OC(C)C)cc1. The topological polar surface area (TPSA) is 94.2 Å². The Hall–Kier alpha value is -2.77. The second kappa shape index (κ2) is 8.76. The molecule has 24 heavy (non-hydrogen) atoms. The number of carbonyl (C=O) groups is 3. The molecule has 0 unspecified atom stereocenters. The number of imide groups is 1. The number of hydrogen-bond acceptors (Lipinski definition) is 6. The van der Waals surface area contributed by atoms with E-state index in [0.29, 0.717) is 10.8 Å². The van der Waals surface area contributed by atoms with Crippen LogP contribution >= 0.6 is 0 Å². The molecule has 0 bridgehead atoms. The Morgan fingerprint density at radius 2 is 1.50 bits per heavy atom. The van der Waals surface area contributed by atoms with Crippen LogP contribution in [0.1, 0.15) is 38.1 Å². The zero-order valence-electron chi connectivity index (χ0n) is 14.4. The lowest BCUT2D eigenvalue weighted by Gasteiger charge is -2.22. The van der Waals surface area contributed by atoms with Gasteiger partial charge in [-0.05, 0) is 52.0 Å².